The molecule has 0 radical (unpaired) electrons. The number of aliphatic hydroxyl groups excluding tert-OH is 1. The number of rotatable bonds is 57. The molecule has 0 bridgehead atoms. The molecule has 12 heteroatoms. The van der Waals surface area contributed by atoms with E-state index in [1.54, 1.807) is 0 Å². The molecule has 0 rings (SSSR count). The summed E-state index contributed by atoms with van der Waals surface area (Å²) in [5.74, 6) is -1.54. The minimum Gasteiger partial charge on any atom is -0.462 e. The Labute approximate surface area is 487 Å². The van der Waals surface area contributed by atoms with Gasteiger partial charge >= 0.3 is 25.7 Å². The second-order valence-corrected chi connectivity index (χ2v) is 21.9. The summed E-state index contributed by atoms with van der Waals surface area (Å²) < 4.78 is 39.6. The highest BCUT2D eigenvalue weighted by molar-refractivity contribution is 7.47. The zero-order valence-corrected chi connectivity index (χ0v) is 51.4. The van der Waals surface area contributed by atoms with Crippen molar-refractivity contribution in [3.63, 3.8) is 0 Å². The van der Waals surface area contributed by atoms with E-state index < -0.39 is 57.8 Å². The summed E-state index contributed by atoms with van der Waals surface area (Å²) in [7, 11) is -4.78. The smallest absolute Gasteiger partial charge is 0.462 e. The van der Waals surface area contributed by atoms with Crippen LogP contribution in [-0.2, 0) is 42.2 Å². The molecule has 0 spiro atoms. The fraction of sp³-hybridized carbons (Fsp3) is 0.662. The highest BCUT2D eigenvalue weighted by Gasteiger charge is 2.28. The monoisotopic (exact) mass is 1140 g/mol. The third kappa shape index (κ3) is 58.5. The summed E-state index contributed by atoms with van der Waals surface area (Å²) in [6, 6.07) is 0. The Bertz CT molecular complexity index is 1800. The van der Waals surface area contributed by atoms with Gasteiger partial charge in [0.1, 0.15) is 12.7 Å². The van der Waals surface area contributed by atoms with Crippen molar-refractivity contribution in [1.29, 1.82) is 0 Å². The van der Waals surface area contributed by atoms with Crippen molar-refractivity contribution in [3.8, 4) is 0 Å². The van der Waals surface area contributed by atoms with Crippen LogP contribution < -0.4 is 0 Å². The second-order valence-electron chi connectivity index (χ2n) is 20.5. The van der Waals surface area contributed by atoms with Crippen molar-refractivity contribution in [1.82, 2.24) is 0 Å². The van der Waals surface area contributed by atoms with Gasteiger partial charge in [0.25, 0.3) is 0 Å². The van der Waals surface area contributed by atoms with Crippen LogP contribution >= 0.6 is 7.82 Å². The number of carbonyl (C=O) groups is 3. The largest absolute Gasteiger partial charge is 0.472 e. The number of ether oxygens (including phenoxy) is 3. The summed E-state index contributed by atoms with van der Waals surface area (Å²) >= 11 is 0. The van der Waals surface area contributed by atoms with Crippen molar-refractivity contribution in [2.24, 2.45) is 0 Å². The van der Waals surface area contributed by atoms with Gasteiger partial charge in [-0.3, -0.25) is 23.4 Å². The molecule has 0 amide bonds. The van der Waals surface area contributed by atoms with Gasteiger partial charge in [0.15, 0.2) is 6.10 Å². The van der Waals surface area contributed by atoms with Crippen LogP contribution in [0.1, 0.15) is 252 Å². The van der Waals surface area contributed by atoms with Gasteiger partial charge in [-0.1, -0.05) is 219 Å². The van der Waals surface area contributed by atoms with Gasteiger partial charge in [-0.15, -0.1) is 0 Å². The van der Waals surface area contributed by atoms with Gasteiger partial charge < -0.3 is 24.2 Å². The fourth-order valence-electron chi connectivity index (χ4n) is 8.07. The van der Waals surface area contributed by atoms with E-state index in [0.717, 1.165) is 141 Å². The second kappa shape index (κ2) is 61.0. The first-order chi connectivity index (χ1) is 39.2. The molecule has 0 aromatic carbocycles. The van der Waals surface area contributed by atoms with Gasteiger partial charge in [0.05, 0.1) is 19.8 Å². The number of carbonyl (C=O) groups excluding carboxylic acids is 3. The first-order valence-electron chi connectivity index (χ1n) is 31.4. The molecule has 0 aromatic heterocycles. The third-order valence-corrected chi connectivity index (χ3v) is 13.8. The average Bonchev–Trinajstić information content (AvgIpc) is 3.45. The molecule has 0 aromatic rings. The normalized spacial score (nSPS) is 14.1. The van der Waals surface area contributed by atoms with Crippen LogP contribution in [0, 0.1) is 0 Å². The highest BCUT2D eigenvalue weighted by atomic mass is 31.2. The molecular weight excluding hydrogens is 1020 g/mol. The number of phosphoric acid groups is 1. The molecule has 0 fully saturated rings. The number of hydrogen-bond acceptors (Lipinski definition) is 10. The van der Waals surface area contributed by atoms with Gasteiger partial charge in [-0.05, 0) is 135 Å². The lowest BCUT2D eigenvalue weighted by atomic mass is 10.1. The van der Waals surface area contributed by atoms with E-state index in [2.05, 4.69) is 142 Å². The number of esters is 3. The van der Waals surface area contributed by atoms with E-state index >= 15 is 0 Å². The van der Waals surface area contributed by atoms with Gasteiger partial charge in [0, 0.05) is 19.3 Å². The van der Waals surface area contributed by atoms with Crippen LogP contribution in [0.15, 0.2) is 122 Å². The van der Waals surface area contributed by atoms with E-state index in [4.69, 9.17) is 23.3 Å². The summed E-state index contributed by atoms with van der Waals surface area (Å²) in [5, 5.41) is 9.83. The molecule has 0 aliphatic rings. The summed E-state index contributed by atoms with van der Waals surface area (Å²) in [5.41, 5.74) is 0. The maximum atomic E-state index is 13.0. The lowest BCUT2D eigenvalue weighted by Gasteiger charge is -2.21. The molecule has 456 valence electrons. The number of hydrogen-bond donors (Lipinski definition) is 2. The molecule has 0 aliphatic carbocycles. The quantitative estimate of drug-likeness (QED) is 0.0197. The summed E-state index contributed by atoms with van der Waals surface area (Å²) in [6.07, 6.45) is 75.7. The standard InChI is InChI=1S/C68H113O11P/c1-4-7-10-13-16-19-22-25-28-30-32-34-37-39-42-45-48-51-54-57-66(70)75-61-65(79-68(72)59-56-53-50-47-44-41-38-35-33-31-29-26-23-20-17-14-11-8-5-2)63-77-80(73,74)76-62-64(60-69)78-67(71)58-55-52-49-46-43-40-36-27-24-21-18-15-12-9-6-3/h9,12,16-21,25-29,32-36,43,46,64-65,69H,4-8,10-11,13-15,22-24,30-31,37-42,44-45,47-63H2,1-3H3,(H,73,74)/b12-9-,19-16-,20-17-,21-18-,28-25-,29-26-,34-32-,35-33-,36-27-,46-43-. The first kappa shape index (κ1) is 75.9. The Kier molecular flexibility index (Phi) is 57.8. The number of phosphoric ester groups is 1. The van der Waals surface area contributed by atoms with Crippen molar-refractivity contribution in [2.75, 3.05) is 26.4 Å². The number of aliphatic hydroxyl groups is 1. The Morgan fingerprint density at radius 3 is 1.02 bits per heavy atom. The van der Waals surface area contributed by atoms with Gasteiger partial charge in [-0.2, -0.15) is 0 Å². The minimum absolute atomic E-state index is 0.117. The zero-order valence-electron chi connectivity index (χ0n) is 50.5. The van der Waals surface area contributed by atoms with E-state index in [0.29, 0.717) is 19.3 Å². The molecule has 0 saturated heterocycles. The first-order valence-corrected chi connectivity index (χ1v) is 32.9. The van der Waals surface area contributed by atoms with Crippen LogP contribution in [0.2, 0.25) is 0 Å². The molecule has 3 unspecified atom stereocenters. The zero-order chi connectivity index (χ0) is 58.3. The van der Waals surface area contributed by atoms with Crippen LogP contribution in [0.5, 0.6) is 0 Å². The molecule has 0 aliphatic heterocycles. The van der Waals surface area contributed by atoms with Crippen molar-refractivity contribution < 1.29 is 52.2 Å². The van der Waals surface area contributed by atoms with Gasteiger partial charge in [0.2, 0.25) is 0 Å². The Hall–Kier alpha value is -4.12. The summed E-state index contributed by atoms with van der Waals surface area (Å²) in [6.45, 7) is 4.40. The molecule has 80 heavy (non-hydrogen) atoms. The van der Waals surface area contributed by atoms with Crippen LogP contribution in [0.25, 0.3) is 0 Å². The van der Waals surface area contributed by atoms with Crippen LogP contribution in [0.4, 0.5) is 0 Å². The fourth-order valence-corrected chi connectivity index (χ4v) is 8.85. The van der Waals surface area contributed by atoms with E-state index in [9.17, 15) is 28.9 Å². The number of allylic oxidation sites excluding steroid dienone is 20. The molecule has 0 heterocycles. The van der Waals surface area contributed by atoms with Crippen molar-refractivity contribution in [3.05, 3.63) is 122 Å². The average molecular weight is 1140 g/mol. The van der Waals surface area contributed by atoms with Crippen molar-refractivity contribution >= 4 is 25.7 Å². The highest BCUT2D eigenvalue weighted by Crippen LogP contribution is 2.43. The van der Waals surface area contributed by atoms with Gasteiger partial charge in [-0.25, -0.2) is 4.57 Å². The minimum atomic E-state index is -4.78. The molecular formula is C68H113O11P. The Morgan fingerprint density at radius 2 is 0.650 bits per heavy atom. The van der Waals surface area contributed by atoms with Crippen molar-refractivity contribution in [2.45, 2.75) is 264 Å². The lowest BCUT2D eigenvalue weighted by molar-refractivity contribution is -0.161. The van der Waals surface area contributed by atoms with E-state index in [-0.39, 0.29) is 25.9 Å². The molecule has 3 atom stereocenters. The molecule has 2 N–H and O–H groups in total. The SMILES string of the molecule is CC/C=C\C/C=C\C/C=C\C/C=C\CCCCC(=O)OC(CO)COP(=O)(O)OCC(COC(=O)CCCCCCCC/C=C\C/C=C\C/C=C\CCCCC)OC(=O)CCCCCCCC/C=C\C/C=C\C/C=C\CCCCC. The Balaban J connectivity index is 4.82. The molecule has 11 nitrogen and oxygen atoms in total. The maximum Gasteiger partial charge on any atom is 0.472 e. The number of unbranched alkanes of at least 4 members (excludes halogenated alkanes) is 20. The predicted molar refractivity (Wildman–Crippen MR) is 334 cm³/mol. The van der Waals surface area contributed by atoms with E-state index in [1.807, 2.05) is 0 Å². The van der Waals surface area contributed by atoms with Crippen LogP contribution in [0.3, 0.4) is 0 Å². The third-order valence-electron chi connectivity index (χ3n) is 12.8. The maximum absolute atomic E-state index is 13.0. The topological polar surface area (TPSA) is 155 Å². The molecule has 0 saturated carbocycles. The summed E-state index contributed by atoms with van der Waals surface area (Å²) in [4.78, 5) is 48.7. The lowest BCUT2D eigenvalue weighted by Crippen LogP contribution is -2.30. The van der Waals surface area contributed by atoms with Crippen LogP contribution in [-0.4, -0.2) is 66.5 Å². The predicted octanol–water partition coefficient (Wildman–Crippen LogP) is 19.1. The Morgan fingerprint density at radius 1 is 0.362 bits per heavy atom. The van der Waals surface area contributed by atoms with E-state index in [1.165, 1.54) is 51.4 Å².